The SMILES string of the molecule is CCCCc1cc2sc(C=O)cc2s1. The Morgan fingerprint density at radius 2 is 2.07 bits per heavy atom. The van der Waals surface area contributed by atoms with E-state index in [0.29, 0.717) is 0 Å². The lowest BCUT2D eigenvalue weighted by molar-refractivity contribution is 0.112. The topological polar surface area (TPSA) is 17.1 Å². The molecule has 1 nitrogen and oxygen atoms in total. The van der Waals surface area contributed by atoms with Crippen LogP contribution < -0.4 is 0 Å². The van der Waals surface area contributed by atoms with Crippen molar-refractivity contribution >= 4 is 38.4 Å². The summed E-state index contributed by atoms with van der Waals surface area (Å²) in [5.41, 5.74) is 0. The molecule has 0 aliphatic heterocycles. The second-order valence-corrected chi connectivity index (χ2v) is 5.60. The van der Waals surface area contributed by atoms with Gasteiger partial charge in [-0.3, -0.25) is 4.79 Å². The van der Waals surface area contributed by atoms with Gasteiger partial charge in [0.15, 0.2) is 6.29 Å². The Balaban J connectivity index is 2.25. The van der Waals surface area contributed by atoms with E-state index in [1.165, 1.54) is 33.5 Å². The van der Waals surface area contributed by atoms with Crippen molar-refractivity contribution in [2.75, 3.05) is 0 Å². The Bertz CT molecular complexity index is 408. The van der Waals surface area contributed by atoms with Crippen molar-refractivity contribution < 1.29 is 4.79 Å². The molecule has 0 radical (unpaired) electrons. The van der Waals surface area contributed by atoms with E-state index in [9.17, 15) is 4.79 Å². The van der Waals surface area contributed by atoms with E-state index in [0.717, 1.165) is 11.2 Å². The lowest BCUT2D eigenvalue weighted by atomic mass is 10.2. The standard InChI is InChI=1S/C11H12OS2/c1-2-3-4-8-5-10-11(13-8)6-9(7-12)14-10/h5-7H,2-4H2,1H3. The van der Waals surface area contributed by atoms with Crippen LogP contribution in [0.1, 0.15) is 34.3 Å². The second-order valence-electron chi connectivity index (χ2n) is 3.31. The number of hydrogen-bond donors (Lipinski definition) is 0. The van der Waals surface area contributed by atoms with E-state index in [1.54, 1.807) is 11.3 Å². The monoisotopic (exact) mass is 224 g/mol. The highest BCUT2D eigenvalue weighted by Gasteiger charge is 2.05. The number of thiophene rings is 2. The lowest BCUT2D eigenvalue weighted by Crippen LogP contribution is -1.76. The molecule has 0 amide bonds. The fourth-order valence-electron chi connectivity index (χ4n) is 1.44. The summed E-state index contributed by atoms with van der Waals surface area (Å²) >= 11 is 3.42. The highest BCUT2D eigenvalue weighted by atomic mass is 32.1. The third-order valence-corrected chi connectivity index (χ3v) is 4.45. The van der Waals surface area contributed by atoms with Crippen LogP contribution in [0.4, 0.5) is 0 Å². The Hall–Kier alpha value is -0.670. The first-order valence-corrected chi connectivity index (χ1v) is 6.44. The number of carbonyl (C=O) groups excluding carboxylic acids is 1. The molecule has 0 spiro atoms. The first-order valence-electron chi connectivity index (χ1n) is 4.81. The molecule has 0 bridgehead atoms. The van der Waals surface area contributed by atoms with Crippen molar-refractivity contribution in [1.82, 2.24) is 0 Å². The zero-order valence-electron chi connectivity index (χ0n) is 8.08. The summed E-state index contributed by atoms with van der Waals surface area (Å²) in [6, 6.07) is 4.22. The van der Waals surface area contributed by atoms with Crippen LogP contribution in [0.2, 0.25) is 0 Å². The number of rotatable bonds is 4. The summed E-state index contributed by atoms with van der Waals surface area (Å²) in [5.74, 6) is 0. The maximum atomic E-state index is 10.5. The van der Waals surface area contributed by atoms with Gasteiger partial charge in [-0.25, -0.2) is 0 Å². The van der Waals surface area contributed by atoms with Gasteiger partial charge < -0.3 is 0 Å². The molecular formula is C11H12OS2. The third-order valence-electron chi connectivity index (χ3n) is 2.17. The van der Waals surface area contributed by atoms with E-state index in [4.69, 9.17) is 0 Å². The molecule has 0 saturated heterocycles. The average Bonchev–Trinajstić information content (AvgIpc) is 2.71. The quantitative estimate of drug-likeness (QED) is 0.714. The minimum atomic E-state index is 0.841. The minimum Gasteiger partial charge on any atom is -0.297 e. The van der Waals surface area contributed by atoms with Crippen LogP contribution in [0.3, 0.4) is 0 Å². The van der Waals surface area contributed by atoms with Crippen molar-refractivity contribution in [3.05, 3.63) is 21.9 Å². The molecule has 3 heteroatoms. The predicted molar refractivity (Wildman–Crippen MR) is 63.7 cm³/mol. The molecule has 2 aromatic rings. The molecular weight excluding hydrogens is 212 g/mol. The lowest BCUT2D eigenvalue weighted by Gasteiger charge is -1.91. The van der Waals surface area contributed by atoms with Gasteiger partial charge in [0.1, 0.15) is 0 Å². The Kier molecular flexibility index (Phi) is 2.99. The third kappa shape index (κ3) is 1.88. The summed E-state index contributed by atoms with van der Waals surface area (Å²) < 4.78 is 2.53. The molecule has 0 aromatic carbocycles. The zero-order valence-corrected chi connectivity index (χ0v) is 9.71. The largest absolute Gasteiger partial charge is 0.297 e. The van der Waals surface area contributed by atoms with E-state index in [1.807, 2.05) is 17.4 Å². The number of fused-ring (bicyclic) bond motifs is 1. The van der Waals surface area contributed by atoms with Crippen LogP contribution >= 0.6 is 22.7 Å². The summed E-state index contributed by atoms with van der Waals surface area (Å²) in [6.07, 6.45) is 4.61. The van der Waals surface area contributed by atoms with Crippen molar-refractivity contribution in [3.8, 4) is 0 Å². The maximum absolute atomic E-state index is 10.5. The van der Waals surface area contributed by atoms with E-state index >= 15 is 0 Å². The van der Waals surface area contributed by atoms with Crippen molar-refractivity contribution in [2.45, 2.75) is 26.2 Å². The normalized spacial score (nSPS) is 10.9. The summed E-state index contributed by atoms with van der Waals surface area (Å²) in [7, 11) is 0. The molecule has 0 atom stereocenters. The molecule has 74 valence electrons. The van der Waals surface area contributed by atoms with Gasteiger partial charge in [0.2, 0.25) is 0 Å². The summed E-state index contributed by atoms with van der Waals surface area (Å²) in [4.78, 5) is 12.8. The number of aryl methyl sites for hydroxylation is 1. The van der Waals surface area contributed by atoms with Gasteiger partial charge in [0.05, 0.1) is 4.88 Å². The molecule has 0 fully saturated rings. The van der Waals surface area contributed by atoms with Crippen LogP contribution in [-0.4, -0.2) is 6.29 Å². The highest BCUT2D eigenvalue weighted by molar-refractivity contribution is 7.28. The van der Waals surface area contributed by atoms with E-state index in [-0.39, 0.29) is 0 Å². The van der Waals surface area contributed by atoms with Crippen molar-refractivity contribution in [3.63, 3.8) is 0 Å². The number of aldehydes is 1. The molecule has 0 saturated carbocycles. The van der Waals surface area contributed by atoms with E-state index in [2.05, 4.69) is 13.0 Å². The van der Waals surface area contributed by atoms with Crippen LogP contribution in [0.5, 0.6) is 0 Å². The van der Waals surface area contributed by atoms with Crippen LogP contribution in [0.25, 0.3) is 9.40 Å². The van der Waals surface area contributed by atoms with Gasteiger partial charge in [-0.15, -0.1) is 22.7 Å². The molecule has 2 heterocycles. The summed E-state index contributed by atoms with van der Waals surface area (Å²) in [5, 5.41) is 0. The smallest absolute Gasteiger partial charge is 0.160 e. The summed E-state index contributed by atoms with van der Waals surface area (Å²) in [6.45, 7) is 2.21. The van der Waals surface area contributed by atoms with Gasteiger partial charge in [0, 0.05) is 14.3 Å². The van der Waals surface area contributed by atoms with E-state index < -0.39 is 0 Å². The van der Waals surface area contributed by atoms with Gasteiger partial charge in [-0.1, -0.05) is 13.3 Å². The minimum absolute atomic E-state index is 0.841. The molecule has 0 unspecified atom stereocenters. The first kappa shape index (κ1) is 9.87. The Labute approximate surface area is 91.4 Å². The molecule has 2 rings (SSSR count). The van der Waals surface area contributed by atoms with Crippen LogP contribution in [-0.2, 0) is 6.42 Å². The van der Waals surface area contributed by atoms with Crippen molar-refractivity contribution in [1.29, 1.82) is 0 Å². The predicted octanol–water partition coefficient (Wildman–Crippen LogP) is 4.12. The molecule has 14 heavy (non-hydrogen) atoms. The molecule has 2 aromatic heterocycles. The number of carbonyl (C=O) groups is 1. The maximum Gasteiger partial charge on any atom is 0.160 e. The second kappa shape index (κ2) is 4.24. The van der Waals surface area contributed by atoms with Crippen molar-refractivity contribution in [2.24, 2.45) is 0 Å². The number of hydrogen-bond acceptors (Lipinski definition) is 3. The fraction of sp³-hybridized carbons (Fsp3) is 0.364. The van der Waals surface area contributed by atoms with Gasteiger partial charge in [-0.2, -0.15) is 0 Å². The Morgan fingerprint density at radius 3 is 2.71 bits per heavy atom. The fourth-order valence-corrected chi connectivity index (χ4v) is 3.73. The van der Waals surface area contributed by atoms with Crippen LogP contribution in [0.15, 0.2) is 12.1 Å². The Morgan fingerprint density at radius 1 is 1.29 bits per heavy atom. The zero-order chi connectivity index (χ0) is 9.97. The molecule has 0 aliphatic carbocycles. The van der Waals surface area contributed by atoms with Gasteiger partial charge >= 0.3 is 0 Å². The van der Waals surface area contributed by atoms with Gasteiger partial charge in [-0.05, 0) is 25.0 Å². The molecule has 0 aliphatic rings. The number of unbranched alkanes of at least 4 members (excludes halogenated alkanes) is 1. The first-order chi connectivity index (χ1) is 6.83. The highest BCUT2D eigenvalue weighted by Crippen LogP contribution is 2.33. The van der Waals surface area contributed by atoms with Gasteiger partial charge in [0.25, 0.3) is 0 Å². The molecule has 0 N–H and O–H groups in total. The average molecular weight is 224 g/mol. The van der Waals surface area contributed by atoms with Crippen LogP contribution in [0, 0.1) is 0 Å².